The topological polar surface area (TPSA) is 35.5 Å². The summed E-state index contributed by atoms with van der Waals surface area (Å²) in [6.07, 6.45) is 15.4. The van der Waals surface area contributed by atoms with Crippen molar-refractivity contribution in [3.8, 4) is 0 Å². The molecule has 4 heterocycles. The molecule has 5 fully saturated rings. The molecular formula is C28H45N5. The summed E-state index contributed by atoms with van der Waals surface area (Å²) in [6, 6.07) is 2.70. The number of fused-ring (bicyclic) bond motifs is 2. The predicted octanol–water partition coefficient (Wildman–Crippen LogP) is 4.93. The number of hydrogen-bond acceptors (Lipinski definition) is 5. The van der Waals surface area contributed by atoms with E-state index in [0.29, 0.717) is 24.0 Å². The van der Waals surface area contributed by atoms with Crippen molar-refractivity contribution in [1.29, 1.82) is 0 Å². The molecule has 3 aliphatic heterocycles. The maximum atomic E-state index is 4.91. The lowest BCUT2D eigenvalue weighted by molar-refractivity contribution is -0.104. The molecule has 3 saturated heterocycles. The summed E-state index contributed by atoms with van der Waals surface area (Å²) in [5, 5.41) is 0. The van der Waals surface area contributed by atoms with Gasteiger partial charge in [-0.2, -0.15) is 0 Å². The minimum Gasteiger partial charge on any atom is -0.332 e. The Kier molecular flexibility index (Phi) is 5.72. The minimum atomic E-state index is 0.595. The zero-order valence-electron chi connectivity index (χ0n) is 21.4. The molecule has 2 unspecified atom stereocenters. The highest BCUT2D eigenvalue weighted by Crippen LogP contribution is 2.61. The molecule has 1 aromatic rings. The van der Waals surface area contributed by atoms with E-state index in [-0.39, 0.29) is 0 Å². The van der Waals surface area contributed by atoms with Crippen molar-refractivity contribution in [2.75, 3.05) is 31.1 Å². The van der Waals surface area contributed by atoms with Crippen LogP contribution < -0.4 is 4.90 Å². The molecule has 5 nitrogen and oxygen atoms in total. The highest BCUT2D eigenvalue weighted by Gasteiger charge is 2.54. The first-order chi connectivity index (χ1) is 15.9. The fraction of sp³-hybridized carbons (Fsp3) is 0.857. The average Bonchev–Trinajstić information content (AvgIpc) is 3.01. The Labute approximate surface area is 201 Å². The second kappa shape index (κ2) is 8.48. The first-order valence-corrected chi connectivity index (χ1v) is 14.0. The van der Waals surface area contributed by atoms with Gasteiger partial charge in [0.15, 0.2) is 0 Å². The predicted molar refractivity (Wildman–Crippen MR) is 135 cm³/mol. The standard InChI is InChI=1S/C28H45N5/c1-19(2)22-11-28(12-22)13-26(14-28)31-9-7-21(8-10-31)23-15-29-27(30-16-23)33-24-5-6-25(33)18-32(17-24)20(3)4/h15-16,19-22,24-26H,5-14,17-18H2,1-4H3. The highest BCUT2D eigenvalue weighted by atomic mass is 15.4. The molecule has 2 atom stereocenters. The maximum Gasteiger partial charge on any atom is 0.225 e. The van der Waals surface area contributed by atoms with E-state index in [4.69, 9.17) is 9.97 Å². The first kappa shape index (κ1) is 22.3. The molecule has 182 valence electrons. The molecule has 0 aromatic carbocycles. The van der Waals surface area contributed by atoms with Crippen LogP contribution in [0.3, 0.4) is 0 Å². The van der Waals surface area contributed by atoms with Crippen LogP contribution >= 0.6 is 0 Å². The lowest BCUT2D eigenvalue weighted by Gasteiger charge is -2.61. The van der Waals surface area contributed by atoms with E-state index in [0.717, 1.165) is 42.3 Å². The number of likely N-dealkylation sites (tertiary alicyclic amines) is 2. The highest BCUT2D eigenvalue weighted by molar-refractivity contribution is 5.38. The van der Waals surface area contributed by atoms with Crippen LogP contribution in [0.1, 0.15) is 90.5 Å². The summed E-state index contributed by atoms with van der Waals surface area (Å²) in [5.41, 5.74) is 2.12. The third kappa shape index (κ3) is 4.01. The van der Waals surface area contributed by atoms with Crippen molar-refractivity contribution >= 4 is 5.95 Å². The maximum absolute atomic E-state index is 4.91. The molecule has 2 bridgehead atoms. The van der Waals surface area contributed by atoms with Gasteiger partial charge in [0, 0.05) is 49.7 Å². The van der Waals surface area contributed by atoms with Crippen molar-refractivity contribution < 1.29 is 0 Å². The van der Waals surface area contributed by atoms with E-state index in [1.54, 1.807) is 0 Å². The molecule has 0 amide bonds. The lowest BCUT2D eigenvalue weighted by Crippen LogP contribution is -2.58. The normalized spacial score (nSPS) is 37.7. The van der Waals surface area contributed by atoms with Crippen LogP contribution in [0.4, 0.5) is 5.95 Å². The molecule has 33 heavy (non-hydrogen) atoms. The van der Waals surface area contributed by atoms with E-state index >= 15 is 0 Å². The van der Waals surface area contributed by atoms with Crippen LogP contribution in [0.25, 0.3) is 0 Å². The smallest absolute Gasteiger partial charge is 0.225 e. The van der Waals surface area contributed by atoms with Crippen molar-refractivity contribution in [3.05, 3.63) is 18.0 Å². The fourth-order valence-corrected chi connectivity index (χ4v) is 8.01. The number of aromatic nitrogens is 2. The third-order valence-electron chi connectivity index (χ3n) is 10.3. The lowest BCUT2D eigenvalue weighted by atomic mass is 9.48. The number of nitrogens with zero attached hydrogens (tertiary/aromatic N) is 5. The summed E-state index contributed by atoms with van der Waals surface area (Å²) < 4.78 is 0. The van der Waals surface area contributed by atoms with Crippen molar-refractivity contribution in [1.82, 2.24) is 19.8 Å². The van der Waals surface area contributed by atoms with Gasteiger partial charge in [0.05, 0.1) is 0 Å². The van der Waals surface area contributed by atoms with Crippen LogP contribution in [0.2, 0.25) is 0 Å². The molecule has 1 aromatic heterocycles. The van der Waals surface area contributed by atoms with Crippen molar-refractivity contribution in [3.63, 3.8) is 0 Å². The van der Waals surface area contributed by atoms with Gasteiger partial charge in [0.2, 0.25) is 5.95 Å². The monoisotopic (exact) mass is 451 g/mol. The first-order valence-electron chi connectivity index (χ1n) is 14.0. The zero-order valence-corrected chi connectivity index (χ0v) is 21.4. The van der Waals surface area contributed by atoms with Gasteiger partial charge in [-0.15, -0.1) is 0 Å². The number of piperazine rings is 1. The zero-order chi connectivity index (χ0) is 22.7. The van der Waals surface area contributed by atoms with Crippen LogP contribution in [0.5, 0.6) is 0 Å². The minimum absolute atomic E-state index is 0.595. The second-order valence-electron chi connectivity index (χ2n) is 12.9. The van der Waals surface area contributed by atoms with Gasteiger partial charge in [0.1, 0.15) is 0 Å². The Morgan fingerprint density at radius 1 is 0.818 bits per heavy atom. The number of hydrogen-bond donors (Lipinski definition) is 0. The Balaban J connectivity index is 1.00. The fourth-order valence-electron chi connectivity index (χ4n) is 8.01. The second-order valence-corrected chi connectivity index (χ2v) is 12.9. The largest absolute Gasteiger partial charge is 0.332 e. The Morgan fingerprint density at radius 2 is 1.42 bits per heavy atom. The van der Waals surface area contributed by atoms with Crippen LogP contribution in [-0.2, 0) is 0 Å². The summed E-state index contributed by atoms with van der Waals surface area (Å²) in [7, 11) is 0. The third-order valence-corrected chi connectivity index (χ3v) is 10.3. The molecule has 1 spiro atoms. The van der Waals surface area contributed by atoms with E-state index in [2.05, 4.69) is 54.8 Å². The van der Waals surface area contributed by atoms with Gasteiger partial charge in [-0.3, -0.25) is 4.90 Å². The van der Waals surface area contributed by atoms with Crippen LogP contribution in [0, 0.1) is 17.3 Å². The van der Waals surface area contributed by atoms with E-state index in [9.17, 15) is 0 Å². The Hall–Kier alpha value is -1.20. The number of rotatable bonds is 5. The molecule has 0 N–H and O–H groups in total. The van der Waals surface area contributed by atoms with Gasteiger partial charge >= 0.3 is 0 Å². The van der Waals surface area contributed by atoms with Gasteiger partial charge in [-0.25, -0.2) is 9.97 Å². The molecule has 2 aliphatic carbocycles. The van der Waals surface area contributed by atoms with Crippen molar-refractivity contribution in [2.24, 2.45) is 17.3 Å². The molecular weight excluding hydrogens is 406 g/mol. The quantitative estimate of drug-likeness (QED) is 0.634. The average molecular weight is 452 g/mol. The van der Waals surface area contributed by atoms with Gasteiger partial charge in [0.25, 0.3) is 0 Å². The van der Waals surface area contributed by atoms with E-state index in [1.807, 2.05) is 0 Å². The van der Waals surface area contributed by atoms with E-state index in [1.165, 1.54) is 70.0 Å². The molecule has 6 rings (SSSR count). The Morgan fingerprint density at radius 3 is 1.97 bits per heavy atom. The van der Waals surface area contributed by atoms with Crippen LogP contribution in [-0.4, -0.2) is 70.1 Å². The number of piperidine rings is 1. The van der Waals surface area contributed by atoms with Gasteiger partial charge in [-0.1, -0.05) is 13.8 Å². The molecule has 5 heteroatoms. The Bertz CT molecular complexity index is 799. The summed E-state index contributed by atoms with van der Waals surface area (Å²) >= 11 is 0. The molecule has 5 aliphatic rings. The number of anilines is 1. The summed E-state index contributed by atoms with van der Waals surface area (Å²) in [5.74, 6) is 3.52. The molecule has 2 saturated carbocycles. The van der Waals surface area contributed by atoms with Crippen molar-refractivity contribution in [2.45, 2.75) is 109 Å². The van der Waals surface area contributed by atoms with Gasteiger partial charge in [-0.05, 0) is 107 Å². The van der Waals surface area contributed by atoms with Crippen LogP contribution in [0.15, 0.2) is 12.4 Å². The SMILES string of the molecule is CC(C)C1CC2(C1)CC(N1CCC(c3cnc(N4C5CCC4CN(C(C)C)C5)nc3)CC1)C2. The molecule has 0 radical (unpaired) electrons. The van der Waals surface area contributed by atoms with E-state index < -0.39 is 0 Å². The van der Waals surface area contributed by atoms with Gasteiger partial charge < -0.3 is 9.80 Å². The summed E-state index contributed by atoms with van der Waals surface area (Å²) in [4.78, 5) is 17.8. The summed E-state index contributed by atoms with van der Waals surface area (Å²) in [6.45, 7) is 14.3.